The van der Waals surface area contributed by atoms with Crippen LogP contribution in [0, 0.1) is 5.92 Å². The van der Waals surface area contributed by atoms with Gasteiger partial charge in [-0.3, -0.25) is 4.90 Å². The zero-order valence-corrected chi connectivity index (χ0v) is 14.1. The minimum Gasteiger partial charge on any atom is -0.384 e. The summed E-state index contributed by atoms with van der Waals surface area (Å²) >= 11 is 0. The van der Waals surface area contributed by atoms with Crippen molar-refractivity contribution in [3.8, 4) is 0 Å². The van der Waals surface area contributed by atoms with E-state index in [0.29, 0.717) is 0 Å². The first-order chi connectivity index (χ1) is 10.2. The van der Waals surface area contributed by atoms with Gasteiger partial charge in [-0.1, -0.05) is 6.92 Å². The van der Waals surface area contributed by atoms with E-state index >= 15 is 0 Å². The average molecular weight is 297 g/mol. The lowest BCUT2D eigenvalue weighted by Crippen LogP contribution is -2.57. The molecule has 4 nitrogen and oxygen atoms in total. The van der Waals surface area contributed by atoms with Gasteiger partial charge in [-0.05, 0) is 77.2 Å². The van der Waals surface area contributed by atoms with Crippen molar-refractivity contribution >= 4 is 0 Å². The van der Waals surface area contributed by atoms with Crippen molar-refractivity contribution in [2.24, 2.45) is 11.7 Å². The highest BCUT2D eigenvalue weighted by atomic mass is 16.5. The van der Waals surface area contributed by atoms with Gasteiger partial charge < -0.3 is 15.4 Å². The molecule has 2 saturated heterocycles. The van der Waals surface area contributed by atoms with E-state index in [1.807, 2.05) is 7.11 Å². The molecule has 21 heavy (non-hydrogen) atoms. The van der Waals surface area contributed by atoms with Crippen LogP contribution in [0.2, 0.25) is 0 Å². The lowest BCUT2D eigenvalue weighted by Gasteiger charge is -2.46. The zero-order chi connectivity index (χ0) is 15.1. The summed E-state index contributed by atoms with van der Waals surface area (Å²) in [7, 11) is 1.82. The molecule has 2 aliphatic rings. The third-order valence-corrected chi connectivity index (χ3v) is 5.62. The fourth-order valence-corrected chi connectivity index (χ4v) is 4.23. The zero-order valence-electron chi connectivity index (χ0n) is 14.1. The molecule has 124 valence electrons. The molecule has 2 heterocycles. The topological polar surface area (TPSA) is 41.7 Å². The van der Waals surface area contributed by atoms with Crippen LogP contribution in [-0.2, 0) is 4.74 Å². The second-order valence-corrected chi connectivity index (χ2v) is 7.01. The first-order valence-electron chi connectivity index (χ1n) is 8.90. The second-order valence-electron chi connectivity index (χ2n) is 7.01. The van der Waals surface area contributed by atoms with E-state index in [0.717, 1.165) is 19.1 Å². The molecule has 0 spiro atoms. The van der Waals surface area contributed by atoms with Crippen molar-refractivity contribution in [2.45, 2.75) is 51.0 Å². The van der Waals surface area contributed by atoms with Crippen LogP contribution in [0.1, 0.15) is 45.4 Å². The van der Waals surface area contributed by atoms with E-state index in [1.165, 1.54) is 71.2 Å². The molecule has 2 N–H and O–H groups in total. The number of nitrogens with zero attached hydrogens (tertiary/aromatic N) is 2. The first kappa shape index (κ1) is 17.2. The molecule has 2 aliphatic heterocycles. The standard InChI is InChI=1S/C17H35N3O/c1-3-9-19-10-4-7-17(15-18,8-13-19)20-11-5-16(6-12-20)14-21-2/h16H,3-15,18H2,1-2H3. The SMILES string of the molecule is CCCN1CCCC(CN)(N2CCC(COC)CC2)CC1. The van der Waals surface area contributed by atoms with Crippen molar-refractivity contribution in [3.05, 3.63) is 0 Å². The summed E-state index contributed by atoms with van der Waals surface area (Å²) in [4.78, 5) is 5.35. The molecule has 0 amide bonds. The van der Waals surface area contributed by atoms with Gasteiger partial charge in [0.1, 0.15) is 0 Å². The Morgan fingerprint density at radius 1 is 1.14 bits per heavy atom. The fourth-order valence-electron chi connectivity index (χ4n) is 4.23. The predicted octanol–water partition coefficient (Wildman–Crippen LogP) is 1.94. The van der Waals surface area contributed by atoms with E-state index < -0.39 is 0 Å². The second kappa shape index (κ2) is 8.47. The molecule has 0 aromatic rings. The summed E-state index contributed by atoms with van der Waals surface area (Å²) in [5.41, 5.74) is 6.53. The molecule has 1 atom stereocenters. The van der Waals surface area contributed by atoms with Crippen LogP contribution < -0.4 is 5.73 Å². The van der Waals surface area contributed by atoms with Crippen molar-refractivity contribution < 1.29 is 4.74 Å². The van der Waals surface area contributed by atoms with Crippen molar-refractivity contribution in [1.82, 2.24) is 9.80 Å². The molecule has 0 aromatic heterocycles. The number of ether oxygens (including phenoxy) is 1. The number of likely N-dealkylation sites (tertiary alicyclic amines) is 2. The summed E-state index contributed by atoms with van der Waals surface area (Å²) in [6, 6.07) is 0. The normalized spacial score (nSPS) is 30.4. The van der Waals surface area contributed by atoms with Crippen LogP contribution >= 0.6 is 0 Å². The van der Waals surface area contributed by atoms with Crippen molar-refractivity contribution in [1.29, 1.82) is 0 Å². The van der Waals surface area contributed by atoms with Gasteiger partial charge >= 0.3 is 0 Å². The van der Waals surface area contributed by atoms with Gasteiger partial charge in [-0.25, -0.2) is 0 Å². The minimum atomic E-state index is 0.264. The summed E-state index contributed by atoms with van der Waals surface area (Å²) in [5.74, 6) is 0.753. The molecule has 1 unspecified atom stereocenters. The molecule has 0 aliphatic carbocycles. The Morgan fingerprint density at radius 3 is 2.52 bits per heavy atom. The lowest BCUT2D eigenvalue weighted by molar-refractivity contribution is 0.0251. The Kier molecular flexibility index (Phi) is 6.93. The molecule has 0 saturated carbocycles. The van der Waals surface area contributed by atoms with E-state index in [2.05, 4.69) is 16.7 Å². The number of rotatable bonds is 6. The maximum atomic E-state index is 6.27. The van der Waals surface area contributed by atoms with Gasteiger partial charge in [0.05, 0.1) is 0 Å². The van der Waals surface area contributed by atoms with Gasteiger partial charge in [-0.2, -0.15) is 0 Å². The maximum Gasteiger partial charge on any atom is 0.0491 e. The van der Waals surface area contributed by atoms with Gasteiger partial charge in [0.25, 0.3) is 0 Å². The summed E-state index contributed by atoms with van der Waals surface area (Å²) in [6.45, 7) is 10.2. The highest BCUT2D eigenvalue weighted by Gasteiger charge is 2.38. The number of nitrogens with two attached hydrogens (primary N) is 1. The highest BCUT2D eigenvalue weighted by Crippen LogP contribution is 2.32. The van der Waals surface area contributed by atoms with Gasteiger partial charge in [-0.15, -0.1) is 0 Å². The summed E-state index contributed by atoms with van der Waals surface area (Å²) in [6.07, 6.45) is 7.63. The summed E-state index contributed by atoms with van der Waals surface area (Å²) in [5, 5.41) is 0. The largest absolute Gasteiger partial charge is 0.384 e. The quantitative estimate of drug-likeness (QED) is 0.813. The Bertz CT molecular complexity index is 292. The van der Waals surface area contributed by atoms with Crippen LogP contribution in [0.3, 0.4) is 0 Å². The molecule has 2 fully saturated rings. The van der Waals surface area contributed by atoms with Crippen LogP contribution in [0.4, 0.5) is 0 Å². The number of hydrogen-bond donors (Lipinski definition) is 1. The van der Waals surface area contributed by atoms with Gasteiger partial charge in [0.2, 0.25) is 0 Å². The van der Waals surface area contributed by atoms with Crippen LogP contribution in [-0.4, -0.2) is 68.3 Å². The van der Waals surface area contributed by atoms with Crippen molar-refractivity contribution in [3.63, 3.8) is 0 Å². The molecular weight excluding hydrogens is 262 g/mol. The van der Waals surface area contributed by atoms with Gasteiger partial charge in [0, 0.05) is 25.8 Å². The van der Waals surface area contributed by atoms with Gasteiger partial charge in [0.15, 0.2) is 0 Å². The first-order valence-corrected chi connectivity index (χ1v) is 8.90. The van der Waals surface area contributed by atoms with Crippen LogP contribution in [0.25, 0.3) is 0 Å². The third-order valence-electron chi connectivity index (χ3n) is 5.62. The predicted molar refractivity (Wildman–Crippen MR) is 88.5 cm³/mol. The Balaban J connectivity index is 1.92. The summed E-state index contributed by atoms with van der Waals surface area (Å²) < 4.78 is 5.32. The Hall–Kier alpha value is -0.160. The van der Waals surface area contributed by atoms with E-state index in [9.17, 15) is 0 Å². The third kappa shape index (κ3) is 4.41. The molecule has 0 bridgehead atoms. The number of methoxy groups -OCH3 is 1. The molecule has 2 rings (SSSR count). The molecule has 0 radical (unpaired) electrons. The Labute approximate surface area is 131 Å². The van der Waals surface area contributed by atoms with Crippen LogP contribution in [0.15, 0.2) is 0 Å². The monoisotopic (exact) mass is 297 g/mol. The van der Waals surface area contributed by atoms with E-state index in [4.69, 9.17) is 10.5 Å². The molecular formula is C17H35N3O. The van der Waals surface area contributed by atoms with E-state index in [-0.39, 0.29) is 5.54 Å². The average Bonchev–Trinajstić information content (AvgIpc) is 2.72. The van der Waals surface area contributed by atoms with Crippen molar-refractivity contribution in [2.75, 3.05) is 53.0 Å². The van der Waals surface area contributed by atoms with Crippen LogP contribution in [0.5, 0.6) is 0 Å². The van der Waals surface area contributed by atoms with E-state index in [1.54, 1.807) is 0 Å². The minimum absolute atomic E-state index is 0.264. The molecule has 4 heteroatoms. The lowest BCUT2D eigenvalue weighted by atomic mass is 9.85. The molecule has 0 aromatic carbocycles. The smallest absolute Gasteiger partial charge is 0.0491 e. The fraction of sp³-hybridized carbons (Fsp3) is 1.00. The number of piperidine rings is 1. The Morgan fingerprint density at radius 2 is 1.90 bits per heavy atom. The highest BCUT2D eigenvalue weighted by molar-refractivity contribution is 4.96. The number of hydrogen-bond acceptors (Lipinski definition) is 4. The maximum absolute atomic E-state index is 6.27.